The minimum atomic E-state index is 0.264. The quantitative estimate of drug-likeness (QED) is 0.809. The van der Waals surface area contributed by atoms with Crippen LogP contribution in [0.1, 0.15) is 24.1 Å². The third-order valence-electron chi connectivity index (χ3n) is 3.11. The smallest absolute Gasteiger partial charge is 0.0438 e. The average molecular weight is 339 g/mol. The summed E-state index contributed by atoms with van der Waals surface area (Å²) in [4.78, 5) is 0. The van der Waals surface area contributed by atoms with Gasteiger partial charge in [-0.25, -0.2) is 0 Å². The van der Waals surface area contributed by atoms with Gasteiger partial charge in [-0.05, 0) is 36.2 Å². The summed E-state index contributed by atoms with van der Waals surface area (Å²) in [5.41, 5.74) is 2.44. The Morgan fingerprint density at radius 3 is 2.47 bits per heavy atom. The molecule has 2 aromatic rings. The number of hydrogen-bond donors (Lipinski definition) is 1. The first-order chi connectivity index (χ1) is 9.22. The normalized spacial score (nSPS) is 12.4. The van der Waals surface area contributed by atoms with Crippen molar-refractivity contribution in [3.05, 3.63) is 69.2 Å². The number of likely N-dealkylation sites (N-methyl/N-ethyl adjacent to an activating group) is 1. The van der Waals surface area contributed by atoms with Crippen LogP contribution in [0.25, 0.3) is 0 Å². The maximum atomic E-state index is 6.26. The summed E-state index contributed by atoms with van der Waals surface area (Å²) >= 11 is 9.88. The molecule has 0 saturated carbocycles. The highest BCUT2D eigenvalue weighted by molar-refractivity contribution is 9.10. The highest BCUT2D eigenvalue weighted by Crippen LogP contribution is 2.28. The van der Waals surface area contributed by atoms with E-state index in [0.717, 1.165) is 22.5 Å². The molecular weight excluding hydrogens is 322 g/mol. The van der Waals surface area contributed by atoms with Gasteiger partial charge in [-0.3, -0.25) is 0 Å². The Hall–Kier alpha value is -0.830. The van der Waals surface area contributed by atoms with E-state index in [1.807, 2.05) is 24.3 Å². The highest BCUT2D eigenvalue weighted by atomic mass is 79.9. The maximum Gasteiger partial charge on any atom is 0.0438 e. The predicted octanol–water partition coefficient (Wildman–Crippen LogP) is 5.00. The minimum Gasteiger partial charge on any atom is -0.310 e. The summed E-state index contributed by atoms with van der Waals surface area (Å²) in [5.74, 6) is 0. The maximum absolute atomic E-state index is 6.26. The molecule has 100 valence electrons. The van der Waals surface area contributed by atoms with Crippen molar-refractivity contribution in [2.75, 3.05) is 6.54 Å². The zero-order valence-corrected chi connectivity index (χ0v) is 13.2. The summed E-state index contributed by atoms with van der Waals surface area (Å²) in [5, 5.41) is 4.36. The van der Waals surface area contributed by atoms with Crippen LogP contribution in [-0.4, -0.2) is 6.54 Å². The van der Waals surface area contributed by atoms with Gasteiger partial charge in [0.05, 0.1) is 0 Å². The molecule has 1 N–H and O–H groups in total. The fourth-order valence-electron chi connectivity index (χ4n) is 2.18. The van der Waals surface area contributed by atoms with Crippen molar-refractivity contribution in [3.63, 3.8) is 0 Å². The van der Waals surface area contributed by atoms with Crippen molar-refractivity contribution in [2.24, 2.45) is 0 Å². The summed E-state index contributed by atoms with van der Waals surface area (Å²) in [6.07, 6.45) is 0.885. The molecule has 1 nitrogen and oxygen atoms in total. The van der Waals surface area contributed by atoms with Crippen LogP contribution in [-0.2, 0) is 6.42 Å². The Morgan fingerprint density at radius 2 is 1.79 bits per heavy atom. The minimum absolute atomic E-state index is 0.264. The molecule has 0 aromatic heterocycles. The summed E-state index contributed by atoms with van der Waals surface area (Å²) in [6.45, 7) is 3.05. The zero-order valence-electron chi connectivity index (χ0n) is 10.9. The van der Waals surface area contributed by atoms with E-state index in [1.54, 1.807) is 0 Å². The first-order valence-corrected chi connectivity index (χ1v) is 7.60. The molecular formula is C16H17BrClN. The Bertz CT molecular complexity index is 542. The molecule has 1 unspecified atom stereocenters. The largest absolute Gasteiger partial charge is 0.310 e. The molecule has 0 amide bonds. The summed E-state index contributed by atoms with van der Waals surface area (Å²) in [6, 6.07) is 16.6. The van der Waals surface area contributed by atoms with Crippen LogP contribution in [0.4, 0.5) is 0 Å². The van der Waals surface area contributed by atoms with E-state index in [4.69, 9.17) is 11.6 Å². The van der Waals surface area contributed by atoms with E-state index >= 15 is 0 Å². The SMILES string of the molecule is CCNC(Cc1ccccc1Cl)c1ccccc1Br. The molecule has 2 rings (SSSR count). The number of halogens is 2. The van der Waals surface area contributed by atoms with E-state index in [1.165, 1.54) is 11.1 Å². The van der Waals surface area contributed by atoms with Gasteiger partial charge in [-0.1, -0.05) is 70.9 Å². The Morgan fingerprint density at radius 1 is 1.11 bits per heavy atom. The lowest BCUT2D eigenvalue weighted by molar-refractivity contribution is 0.548. The summed E-state index contributed by atoms with van der Waals surface area (Å²) < 4.78 is 1.13. The molecule has 19 heavy (non-hydrogen) atoms. The molecule has 0 aliphatic rings. The first-order valence-electron chi connectivity index (χ1n) is 6.43. The van der Waals surface area contributed by atoms with E-state index in [2.05, 4.69) is 52.4 Å². The van der Waals surface area contributed by atoms with Gasteiger partial charge in [-0.2, -0.15) is 0 Å². The molecule has 0 aliphatic heterocycles. The molecule has 0 aliphatic carbocycles. The van der Waals surface area contributed by atoms with Crippen molar-refractivity contribution < 1.29 is 0 Å². The highest BCUT2D eigenvalue weighted by Gasteiger charge is 2.15. The number of hydrogen-bond acceptors (Lipinski definition) is 1. The second kappa shape index (κ2) is 7.09. The van der Waals surface area contributed by atoms with Gasteiger partial charge in [0.1, 0.15) is 0 Å². The van der Waals surface area contributed by atoms with E-state index < -0.39 is 0 Å². The molecule has 0 radical (unpaired) electrons. The van der Waals surface area contributed by atoms with Crippen LogP contribution in [0.2, 0.25) is 5.02 Å². The summed E-state index contributed by atoms with van der Waals surface area (Å²) in [7, 11) is 0. The van der Waals surface area contributed by atoms with Crippen LogP contribution < -0.4 is 5.32 Å². The van der Waals surface area contributed by atoms with Crippen molar-refractivity contribution in [3.8, 4) is 0 Å². The van der Waals surface area contributed by atoms with Gasteiger partial charge in [0.2, 0.25) is 0 Å². The molecule has 0 bridgehead atoms. The van der Waals surface area contributed by atoms with Crippen molar-refractivity contribution >= 4 is 27.5 Å². The second-order valence-corrected chi connectivity index (χ2v) is 5.69. The molecule has 0 spiro atoms. The molecule has 3 heteroatoms. The van der Waals surface area contributed by atoms with Crippen LogP contribution in [0, 0.1) is 0 Å². The monoisotopic (exact) mass is 337 g/mol. The zero-order chi connectivity index (χ0) is 13.7. The standard InChI is InChI=1S/C16H17BrClN/c1-2-19-16(13-8-4-5-9-14(13)17)11-12-7-3-6-10-15(12)18/h3-10,16,19H,2,11H2,1H3. The van der Waals surface area contributed by atoms with Crippen LogP contribution in [0.5, 0.6) is 0 Å². The number of nitrogens with one attached hydrogen (secondary N) is 1. The Kier molecular flexibility index (Phi) is 5.44. The predicted molar refractivity (Wildman–Crippen MR) is 85.7 cm³/mol. The lowest BCUT2D eigenvalue weighted by Crippen LogP contribution is -2.23. The van der Waals surface area contributed by atoms with E-state index in [-0.39, 0.29) is 6.04 Å². The Labute approximate surface area is 128 Å². The van der Waals surface area contributed by atoms with Gasteiger partial charge in [-0.15, -0.1) is 0 Å². The molecule has 0 fully saturated rings. The van der Waals surface area contributed by atoms with Gasteiger partial charge < -0.3 is 5.32 Å². The van der Waals surface area contributed by atoms with E-state index in [9.17, 15) is 0 Å². The van der Waals surface area contributed by atoms with Gasteiger partial charge in [0.15, 0.2) is 0 Å². The number of rotatable bonds is 5. The van der Waals surface area contributed by atoms with Crippen molar-refractivity contribution in [1.29, 1.82) is 0 Å². The van der Waals surface area contributed by atoms with Crippen LogP contribution in [0.15, 0.2) is 53.0 Å². The molecule has 2 aromatic carbocycles. The van der Waals surface area contributed by atoms with Gasteiger partial charge >= 0.3 is 0 Å². The second-order valence-electron chi connectivity index (χ2n) is 4.43. The first kappa shape index (κ1) is 14.6. The lowest BCUT2D eigenvalue weighted by Gasteiger charge is -2.20. The fraction of sp³-hybridized carbons (Fsp3) is 0.250. The fourth-order valence-corrected chi connectivity index (χ4v) is 2.95. The number of benzene rings is 2. The third kappa shape index (κ3) is 3.82. The molecule has 0 heterocycles. The van der Waals surface area contributed by atoms with Crippen LogP contribution >= 0.6 is 27.5 Å². The third-order valence-corrected chi connectivity index (χ3v) is 4.20. The van der Waals surface area contributed by atoms with Crippen molar-refractivity contribution in [1.82, 2.24) is 5.32 Å². The molecule has 0 saturated heterocycles. The van der Waals surface area contributed by atoms with Gasteiger partial charge in [0.25, 0.3) is 0 Å². The van der Waals surface area contributed by atoms with Crippen molar-refractivity contribution in [2.45, 2.75) is 19.4 Å². The molecule has 1 atom stereocenters. The van der Waals surface area contributed by atoms with E-state index in [0.29, 0.717) is 0 Å². The van der Waals surface area contributed by atoms with Crippen LogP contribution in [0.3, 0.4) is 0 Å². The average Bonchev–Trinajstić information content (AvgIpc) is 2.41. The van der Waals surface area contributed by atoms with Gasteiger partial charge in [0, 0.05) is 15.5 Å². The lowest BCUT2D eigenvalue weighted by atomic mass is 9.99. The topological polar surface area (TPSA) is 12.0 Å². The Balaban J connectivity index is 2.27.